The van der Waals surface area contributed by atoms with Gasteiger partial charge in [0.25, 0.3) is 5.78 Å². The first-order valence-corrected chi connectivity index (χ1v) is 12.7. The van der Waals surface area contributed by atoms with E-state index >= 15 is 0 Å². The Kier molecular flexibility index (Phi) is 6.93. The quantitative estimate of drug-likeness (QED) is 0.196. The average molecular weight is 528 g/mol. The number of hydrogen-bond acceptors (Lipinski definition) is 8. The van der Waals surface area contributed by atoms with Gasteiger partial charge in [-0.1, -0.05) is 53.3 Å². The third-order valence-corrected chi connectivity index (χ3v) is 7.05. The van der Waals surface area contributed by atoms with Crippen molar-refractivity contribution in [2.45, 2.75) is 26.5 Å². The Bertz CT molecular complexity index is 1530. The van der Waals surface area contributed by atoms with E-state index in [1.807, 2.05) is 25.1 Å². The second kappa shape index (κ2) is 10.5. The topological polar surface area (TPSA) is 102 Å². The summed E-state index contributed by atoms with van der Waals surface area (Å²) >= 11 is 1.20. The highest BCUT2D eigenvalue weighted by atomic mass is 32.1. The summed E-state index contributed by atoms with van der Waals surface area (Å²) < 4.78 is 11.1. The van der Waals surface area contributed by atoms with Crippen molar-refractivity contribution in [3.05, 3.63) is 106 Å². The Labute approximate surface area is 223 Å². The van der Waals surface area contributed by atoms with Crippen LogP contribution in [0.1, 0.15) is 33.3 Å². The number of ketones is 1. The van der Waals surface area contributed by atoms with Crippen LogP contribution >= 0.6 is 11.3 Å². The summed E-state index contributed by atoms with van der Waals surface area (Å²) in [7, 11) is 1.55. The maximum absolute atomic E-state index is 13.3. The van der Waals surface area contributed by atoms with E-state index in [4.69, 9.17) is 9.47 Å². The fourth-order valence-electron chi connectivity index (χ4n) is 4.35. The molecule has 9 heteroatoms. The molecule has 192 valence electrons. The molecule has 0 bridgehead atoms. The zero-order valence-electron chi connectivity index (χ0n) is 21.0. The van der Waals surface area contributed by atoms with Crippen molar-refractivity contribution in [1.29, 1.82) is 0 Å². The molecule has 0 unspecified atom stereocenters. The van der Waals surface area contributed by atoms with Crippen molar-refractivity contribution in [3.63, 3.8) is 0 Å². The third kappa shape index (κ3) is 4.88. The van der Waals surface area contributed by atoms with Crippen LogP contribution in [0, 0.1) is 13.8 Å². The smallest absolute Gasteiger partial charge is 0.301 e. The number of aromatic nitrogens is 2. The molecule has 0 aliphatic carbocycles. The molecule has 0 spiro atoms. The number of ether oxygens (including phenoxy) is 2. The highest BCUT2D eigenvalue weighted by molar-refractivity contribution is 7.15. The molecule has 38 heavy (non-hydrogen) atoms. The SMILES string of the molecule is COc1ccc([C@H]2C(=C(O)c3ccc(OCc4cccc(C)c4)cc3)C(=O)C(=O)N2c2nnc(C)s2)cc1. The van der Waals surface area contributed by atoms with Crippen molar-refractivity contribution < 1.29 is 24.2 Å². The number of aliphatic hydroxyl groups excluding tert-OH is 1. The maximum atomic E-state index is 13.3. The zero-order valence-corrected chi connectivity index (χ0v) is 21.9. The van der Waals surface area contributed by atoms with Crippen molar-refractivity contribution >= 4 is 33.9 Å². The number of nitrogens with zero attached hydrogens (tertiary/aromatic N) is 3. The highest BCUT2D eigenvalue weighted by Crippen LogP contribution is 2.43. The number of hydrogen-bond donors (Lipinski definition) is 1. The van der Waals surface area contributed by atoms with Crippen LogP contribution in [0.5, 0.6) is 11.5 Å². The number of aliphatic hydroxyl groups is 1. The molecule has 1 saturated heterocycles. The predicted molar refractivity (Wildman–Crippen MR) is 144 cm³/mol. The normalized spacial score (nSPS) is 16.6. The van der Waals surface area contributed by atoms with Gasteiger partial charge in [-0.25, -0.2) is 0 Å². The summed E-state index contributed by atoms with van der Waals surface area (Å²) in [5.41, 5.74) is 3.18. The van der Waals surface area contributed by atoms with Gasteiger partial charge in [0.2, 0.25) is 5.13 Å². The van der Waals surface area contributed by atoms with Crippen LogP contribution in [0.3, 0.4) is 0 Å². The van der Waals surface area contributed by atoms with E-state index in [1.165, 1.54) is 16.2 Å². The minimum Gasteiger partial charge on any atom is -0.507 e. The summed E-state index contributed by atoms with van der Waals surface area (Å²) in [6.45, 7) is 4.19. The van der Waals surface area contributed by atoms with Gasteiger partial charge in [0.05, 0.1) is 18.7 Å². The van der Waals surface area contributed by atoms with E-state index in [1.54, 1.807) is 62.6 Å². The number of anilines is 1. The number of amides is 1. The lowest BCUT2D eigenvalue weighted by atomic mass is 9.95. The fraction of sp³-hybridized carbons (Fsp3) is 0.172. The summed E-state index contributed by atoms with van der Waals surface area (Å²) in [5, 5.41) is 20.4. The second-order valence-electron chi connectivity index (χ2n) is 8.85. The van der Waals surface area contributed by atoms with Crippen LogP contribution < -0.4 is 14.4 Å². The molecule has 1 amide bonds. The number of carbonyl (C=O) groups is 2. The minimum atomic E-state index is -0.884. The highest BCUT2D eigenvalue weighted by Gasteiger charge is 2.48. The molecule has 1 fully saturated rings. The number of aryl methyl sites for hydroxylation is 2. The van der Waals surface area contributed by atoms with Gasteiger partial charge in [0, 0.05) is 5.56 Å². The summed E-state index contributed by atoms with van der Waals surface area (Å²) in [6.07, 6.45) is 0. The van der Waals surface area contributed by atoms with Gasteiger partial charge in [-0.05, 0) is 61.4 Å². The first-order chi connectivity index (χ1) is 18.4. The van der Waals surface area contributed by atoms with Crippen molar-refractivity contribution in [1.82, 2.24) is 10.2 Å². The first kappa shape index (κ1) is 25.2. The molecular formula is C29H25N3O5S. The van der Waals surface area contributed by atoms with Gasteiger partial charge < -0.3 is 14.6 Å². The van der Waals surface area contributed by atoms with Crippen molar-refractivity contribution in [2.75, 3.05) is 12.0 Å². The molecule has 1 aromatic heterocycles. The molecule has 1 aliphatic rings. The first-order valence-electron chi connectivity index (χ1n) is 11.9. The fourth-order valence-corrected chi connectivity index (χ4v) is 5.06. The molecule has 5 rings (SSSR count). The van der Waals surface area contributed by atoms with Gasteiger partial charge in [0.1, 0.15) is 28.9 Å². The van der Waals surface area contributed by atoms with Gasteiger partial charge in [0.15, 0.2) is 0 Å². The molecular weight excluding hydrogens is 502 g/mol. The van der Waals surface area contributed by atoms with Gasteiger partial charge in [-0.3, -0.25) is 14.5 Å². The van der Waals surface area contributed by atoms with Crippen LogP contribution in [-0.4, -0.2) is 34.1 Å². The van der Waals surface area contributed by atoms with E-state index in [-0.39, 0.29) is 16.5 Å². The number of benzene rings is 3. The average Bonchev–Trinajstić information content (AvgIpc) is 3.47. The van der Waals surface area contributed by atoms with Crippen LogP contribution in [0.2, 0.25) is 0 Å². The van der Waals surface area contributed by atoms with Crippen LogP contribution in [-0.2, 0) is 16.2 Å². The summed E-state index contributed by atoms with van der Waals surface area (Å²) in [4.78, 5) is 27.8. The lowest BCUT2D eigenvalue weighted by Gasteiger charge is -2.22. The molecule has 0 saturated carbocycles. The zero-order chi connectivity index (χ0) is 26.8. The van der Waals surface area contributed by atoms with E-state index in [0.717, 1.165) is 11.1 Å². The van der Waals surface area contributed by atoms with E-state index in [9.17, 15) is 14.7 Å². The van der Waals surface area contributed by atoms with E-state index in [2.05, 4.69) is 16.3 Å². The predicted octanol–water partition coefficient (Wildman–Crippen LogP) is 5.37. The van der Waals surface area contributed by atoms with Gasteiger partial charge >= 0.3 is 5.91 Å². The van der Waals surface area contributed by atoms with Crippen molar-refractivity contribution in [2.24, 2.45) is 0 Å². The standard InChI is InChI=1S/C29H25N3O5S/c1-17-5-4-6-19(15-17)16-37-23-13-9-21(10-14-23)26(33)24-25(20-7-11-22(36-3)12-8-20)32(28(35)27(24)34)29-31-30-18(2)38-29/h4-15,25,33H,16H2,1-3H3/t25-/m0/s1. The Hall–Kier alpha value is -4.50. The maximum Gasteiger partial charge on any atom is 0.301 e. The second-order valence-corrected chi connectivity index (χ2v) is 10.0. The Morgan fingerprint density at radius 1 is 0.974 bits per heavy atom. The minimum absolute atomic E-state index is 0.0264. The Morgan fingerprint density at radius 3 is 2.32 bits per heavy atom. The van der Waals surface area contributed by atoms with Crippen LogP contribution in [0.25, 0.3) is 5.76 Å². The van der Waals surface area contributed by atoms with Crippen LogP contribution in [0.4, 0.5) is 5.13 Å². The lowest BCUT2D eigenvalue weighted by molar-refractivity contribution is -0.132. The van der Waals surface area contributed by atoms with E-state index < -0.39 is 17.7 Å². The summed E-state index contributed by atoms with van der Waals surface area (Å²) in [5.74, 6) is -0.617. The van der Waals surface area contributed by atoms with Crippen molar-refractivity contribution in [3.8, 4) is 11.5 Å². The van der Waals surface area contributed by atoms with Gasteiger partial charge in [-0.15, -0.1) is 10.2 Å². The molecule has 1 atom stereocenters. The summed E-state index contributed by atoms with van der Waals surface area (Å²) in [6, 6.07) is 20.9. The Morgan fingerprint density at radius 2 is 1.68 bits per heavy atom. The van der Waals surface area contributed by atoms with Crippen LogP contribution in [0.15, 0.2) is 78.4 Å². The molecule has 4 aromatic rings. The lowest BCUT2D eigenvalue weighted by Crippen LogP contribution is -2.29. The number of Topliss-reactive ketones (excluding diaryl/α,β-unsaturated/α-hetero) is 1. The Balaban J connectivity index is 1.50. The molecule has 1 N–H and O–H groups in total. The number of methoxy groups -OCH3 is 1. The largest absolute Gasteiger partial charge is 0.507 e. The molecule has 8 nitrogen and oxygen atoms in total. The third-order valence-electron chi connectivity index (χ3n) is 6.21. The molecule has 2 heterocycles. The van der Waals surface area contributed by atoms with Gasteiger partial charge in [-0.2, -0.15) is 0 Å². The van der Waals surface area contributed by atoms with E-state index in [0.29, 0.717) is 34.2 Å². The number of carbonyl (C=O) groups excluding carboxylic acids is 2. The number of rotatable bonds is 7. The molecule has 0 radical (unpaired) electrons. The monoisotopic (exact) mass is 527 g/mol. The molecule has 3 aromatic carbocycles. The molecule has 1 aliphatic heterocycles.